The van der Waals surface area contributed by atoms with Gasteiger partial charge in [-0.3, -0.25) is 4.79 Å². The number of carbonyl (C=O) groups is 1. The van der Waals surface area contributed by atoms with Crippen molar-refractivity contribution in [2.45, 2.75) is 31.8 Å². The van der Waals surface area contributed by atoms with Crippen LogP contribution in [0.4, 0.5) is 8.78 Å². The Morgan fingerprint density at radius 1 is 1.12 bits per heavy atom. The van der Waals surface area contributed by atoms with Gasteiger partial charge in [-0.05, 0) is 23.8 Å². The van der Waals surface area contributed by atoms with Gasteiger partial charge in [0.1, 0.15) is 12.4 Å². The van der Waals surface area contributed by atoms with Gasteiger partial charge in [0.05, 0.1) is 6.42 Å². The SMILES string of the molecule is O=C(Cc1cc(Br)ccc1OCc1ccccc1)N1CCC(F)(F)CC1. The van der Waals surface area contributed by atoms with Crippen molar-refractivity contribution in [2.75, 3.05) is 13.1 Å². The Bertz CT molecular complexity index is 758. The highest BCUT2D eigenvalue weighted by molar-refractivity contribution is 9.10. The minimum atomic E-state index is -2.66. The summed E-state index contributed by atoms with van der Waals surface area (Å²) >= 11 is 3.41. The van der Waals surface area contributed by atoms with Gasteiger partial charge in [-0.15, -0.1) is 0 Å². The highest BCUT2D eigenvalue weighted by atomic mass is 79.9. The van der Waals surface area contributed by atoms with Crippen molar-refractivity contribution >= 4 is 21.8 Å². The quantitative estimate of drug-likeness (QED) is 0.689. The summed E-state index contributed by atoms with van der Waals surface area (Å²) < 4.78 is 33.3. The molecule has 0 aromatic heterocycles. The average molecular weight is 424 g/mol. The van der Waals surface area contributed by atoms with Crippen LogP contribution < -0.4 is 4.74 Å². The minimum Gasteiger partial charge on any atom is -0.489 e. The summed E-state index contributed by atoms with van der Waals surface area (Å²) in [5.74, 6) is -2.17. The Balaban J connectivity index is 1.67. The van der Waals surface area contributed by atoms with E-state index >= 15 is 0 Å². The van der Waals surface area contributed by atoms with Crippen molar-refractivity contribution < 1.29 is 18.3 Å². The normalized spacial score (nSPS) is 16.3. The van der Waals surface area contributed by atoms with Gasteiger partial charge in [-0.2, -0.15) is 0 Å². The van der Waals surface area contributed by atoms with Crippen LogP contribution in [0.25, 0.3) is 0 Å². The number of carbonyl (C=O) groups excluding carboxylic acids is 1. The topological polar surface area (TPSA) is 29.5 Å². The fourth-order valence-corrected chi connectivity index (χ4v) is 3.33. The molecule has 138 valence electrons. The molecule has 3 rings (SSSR count). The molecule has 0 saturated carbocycles. The number of nitrogens with zero attached hydrogens (tertiary/aromatic N) is 1. The molecule has 1 saturated heterocycles. The van der Waals surface area contributed by atoms with Gasteiger partial charge in [0.25, 0.3) is 5.92 Å². The molecule has 2 aromatic carbocycles. The maximum Gasteiger partial charge on any atom is 0.251 e. The molecule has 1 fully saturated rings. The number of hydrogen-bond donors (Lipinski definition) is 0. The van der Waals surface area contributed by atoms with E-state index in [2.05, 4.69) is 15.9 Å². The summed E-state index contributed by atoms with van der Waals surface area (Å²) in [6.07, 6.45) is -0.404. The third-order valence-corrected chi connectivity index (χ3v) is 4.94. The monoisotopic (exact) mass is 423 g/mol. The number of halogens is 3. The molecule has 0 atom stereocenters. The molecule has 1 aliphatic heterocycles. The predicted molar refractivity (Wildman–Crippen MR) is 99.4 cm³/mol. The first-order valence-corrected chi connectivity index (χ1v) is 9.33. The molecule has 0 bridgehead atoms. The van der Waals surface area contributed by atoms with Gasteiger partial charge in [0.2, 0.25) is 5.91 Å². The first-order valence-electron chi connectivity index (χ1n) is 8.54. The lowest BCUT2D eigenvalue weighted by Gasteiger charge is -2.32. The van der Waals surface area contributed by atoms with E-state index in [1.165, 1.54) is 4.90 Å². The largest absolute Gasteiger partial charge is 0.489 e. The van der Waals surface area contributed by atoms with Crippen LogP contribution in [-0.2, 0) is 17.8 Å². The van der Waals surface area contributed by atoms with Crippen molar-refractivity contribution in [3.63, 3.8) is 0 Å². The number of ether oxygens (including phenoxy) is 1. The molecule has 0 spiro atoms. The number of amides is 1. The fraction of sp³-hybridized carbons (Fsp3) is 0.350. The maximum absolute atomic E-state index is 13.3. The van der Waals surface area contributed by atoms with Crippen molar-refractivity contribution in [3.8, 4) is 5.75 Å². The van der Waals surface area contributed by atoms with Crippen molar-refractivity contribution in [2.24, 2.45) is 0 Å². The zero-order valence-electron chi connectivity index (χ0n) is 14.3. The number of likely N-dealkylation sites (tertiary alicyclic amines) is 1. The molecule has 0 unspecified atom stereocenters. The van der Waals surface area contributed by atoms with Crippen molar-refractivity contribution in [3.05, 3.63) is 64.1 Å². The summed E-state index contributed by atoms with van der Waals surface area (Å²) in [6, 6.07) is 15.3. The van der Waals surface area contributed by atoms with E-state index in [0.29, 0.717) is 12.4 Å². The molecule has 0 aliphatic carbocycles. The Kier molecular flexibility index (Phi) is 5.91. The summed E-state index contributed by atoms with van der Waals surface area (Å²) in [6.45, 7) is 0.597. The molecule has 6 heteroatoms. The molecule has 0 radical (unpaired) electrons. The zero-order chi connectivity index (χ0) is 18.6. The summed E-state index contributed by atoms with van der Waals surface area (Å²) in [7, 11) is 0. The van der Waals surface area contributed by atoms with E-state index in [1.54, 1.807) is 0 Å². The van der Waals surface area contributed by atoms with E-state index in [0.717, 1.165) is 15.6 Å². The Labute approximate surface area is 160 Å². The number of hydrogen-bond acceptors (Lipinski definition) is 2. The van der Waals surface area contributed by atoms with Crippen LogP contribution in [0.3, 0.4) is 0 Å². The molecular formula is C20H20BrF2NO2. The van der Waals surface area contributed by atoms with E-state index < -0.39 is 5.92 Å². The second-order valence-corrected chi connectivity index (χ2v) is 7.36. The highest BCUT2D eigenvalue weighted by Crippen LogP contribution is 2.29. The molecule has 1 aliphatic rings. The molecule has 1 heterocycles. The van der Waals surface area contributed by atoms with Crippen LogP contribution in [0.1, 0.15) is 24.0 Å². The lowest BCUT2D eigenvalue weighted by molar-refractivity contribution is -0.136. The molecule has 0 N–H and O–H groups in total. The molecule has 26 heavy (non-hydrogen) atoms. The second kappa shape index (κ2) is 8.16. The first-order chi connectivity index (χ1) is 12.4. The van der Waals surface area contributed by atoms with E-state index in [-0.39, 0.29) is 38.3 Å². The van der Waals surface area contributed by atoms with Gasteiger partial charge < -0.3 is 9.64 Å². The summed E-state index contributed by atoms with van der Waals surface area (Å²) in [4.78, 5) is 14.0. The lowest BCUT2D eigenvalue weighted by Crippen LogP contribution is -2.43. The zero-order valence-corrected chi connectivity index (χ0v) is 15.8. The van der Waals surface area contributed by atoms with Crippen molar-refractivity contribution in [1.82, 2.24) is 4.90 Å². The van der Waals surface area contributed by atoms with Crippen LogP contribution in [-0.4, -0.2) is 29.8 Å². The molecular weight excluding hydrogens is 404 g/mol. The Morgan fingerprint density at radius 3 is 2.50 bits per heavy atom. The standard InChI is InChI=1S/C20H20BrF2NO2/c21-17-6-7-18(26-14-15-4-2-1-3-5-15)16(12-17)13-19(25)24-10-8-20(22,23)9-11-24/h1-7,12H,8-11,13-14H2. The molecule has 3 nitrogen and oxygen atoms in total. The summed E-state index contributed by atoms with van der Waals surface area (Å²) in [5, 5.41) is 0. The number of rotatable bonds is 5. The predicted octanol–water partition coefficient (Wildman–Crippen LogP) is 4.83. The van der Waals surface area contributed by atoms with Crippen LogP contribution in [0.15, 0.2) is 53.0 Å². The average Bonchev–Trinajstić information content (AvgIpc) is 2.62. The third-order valence-electron chi connectivity index (χ3n) is 4.45. The minimum absolute atomic E-state index is 0.0973. The van der Waals surface area contributed by atoms with Gasteiger partial charge in [-0.25, -0.2) is 8.78 Å². The first kappa shape index (κ1) is 18.8. The van der Waals surface area contributed by atoms with Gasteiger partial charge in [0, 0.05) is 36.0 Å². The molecule has 2 aromatic rings. The number of piperidine rings is 1. The van der Waals surface area contributed by atoms with Crippen LogP contribution in [0.5, 0.6) is 5.75 Å². The number of alkyl halides is 2. The van der Waals surface area contributed by atoms with Crippen LogP contribution in [0.2, 0.25) is 0 Å². The maximum atomic E-state index is 13.3. The van der Waals surface area contributed by atoms with E-state index in [9.17, 15) is 13.6 Å². The smallest absolute Gasteiger partial charge is 0.251 e. The lowest BCUT2D eigenvalue weighted by atomic mass is 10.0. The van der Waals surface area contributed by atoms with E-state index in [4.69, 9.17) is 4.74 Å². The van der Waals surface area contributed by atoms with Gasteiger partial charge in [-0.1, -0.05) is 46.3 Å². The summed E-state index contributed by atoms with van der Waals surface area (Å²) in [5.41, 5.74) is 1.78. The second-order valence-electron chi connectivity index (χ2n) is 6.44. The van der Waals surface area contributed by atoms with Crippen molar-refractivity contribution in [1.29, 1.82) is 0 Å². The van der Waals surface area contributed by atoms with Crippen LogP contribution >= 0.6 is 15.9 Å². The Hall–Kier alpha value is -1.95. The fourth-order valence-electron chi connectivity index (χ4n) is 2.92. The third kappa shape index (κ3) is 5.04. The van der Waals surface area contributed by atoms with Gasteiger partial charge >= 0.3 is 0 Å². The van der Waals surface area contributed by atoms with E-state index in [1.807, 2.05) is 48.5 Å². The van der Waals surface area contributed by atoms with Gasteiger partial charge in [0.15, 0.2) is 0 Å². The molecule has 1 amide bonds. The number of benzene rings is 2. The van der Waals surface area contributed by atoms with Crippen LogP contribution in [0, 0.1) is 0 Å². The highest BCUT2D eigenvalue weighted by Gasteiger charge is 2.35. The Morgan fingerprint density at radius 2 is 1.81 bits per heavy atom.